The predicted octanol–water partition coefficient (Wildman–Crippen LogP) is 1.84. The van der Waals surface area contributed by atoms with Gasteiger partial charge in [-0.1, -0.05) is 38.1 Å². The third-order valence-electron chi connectivity index (χ3n) is 3.62. The van der Waals surface area contributed by atoms with E-state index in [0.29, 0.717) is 12.5 Å². The molecule has 136 valence electrons. The SMILES string of the molecule is CN=C(NCCCC(C)C)NCc1ccc(CS(=O)(=O)NC)cc1. The van der Waals surface area contributed by atoms with Crippen LogP contribution in [0.25, 0.3) is 0 Å². The lowest BCUT2D eigenvalue weighted by atomic mass is 10.1. The van der Waals surface area contributed by atoms with Gasteiger partial charge in [-0.15, -0.1) is 0 Å². The minimum atomic E-state index is -3.23. The molecule has 6 nitrogen and oxygen atoms in total. The van der Waals surface area contributed by atoms with E-state index in [9.17, 15) is 8.42 Å². The van der Waals surface area contributed by atoms with Crippen molar-refractivity contribution in [1.29, 1.82) is 0 Å². The molecule has 7 heteroatoms. The van der Waals surface area contributed by atoms with E-state index in [1.807, 2.05) is 24.3 Å². The second-order valence-corrected chi connectivity index (χ2v) is 8.09. The highest BCUT2D eigenvalue weighted by Gasteiger charge is 2.08. The molecule has 0 amide bonds. The summed E-state index contributed by atoms with van der Waals surface area (Å²) in [5.41, 5.74) is 1.84. The van der Waals surface area contributed by atoms with Crippen molar-refractivity contribution < 1.29 is 8.42 Å². The molecule has 1 aromatic carbocycles. The Hall–Kier alpha value is -1.60. The summed E-state index contributed by atoms with van der Waals surface area (Å²) in [4.78, 5) is 4.20. The van der Waals surface area contributed by atoms with Crippen LogP contribution in [0.2, 0.25) is 0 Å². The molecule has 3 N–H and O–H groups in total. The van der Waals surface area contributed by atoms with Crippen LogP contribution in [0.4, 0.5) is 0 Å². The van der Waals surface area contributed by atoms with E-state index in [2.05, 4.69) is 34.2 Å². The fraction of sp³-hybridized carbons (Fsp3) is 0.588. The summed E-state index contributed by atoms with van der Waals surface area (Å²) < 4.78 is 25.4. The first-order valence-corrected chi connectivity index (χ1v) is 9.95. The second-order valence-electron chi connectivity index (χ2n) is 6.17. The Morgan fingerprint density at radius 1 is 1.12 bits per heavy atom. The zero-order valence-electron chi connectivity index (χ0n) is 15.1. The van der Waals surface area contributed by atoms with Crippen molar-refractivity contribution in [1.82, 2.24) is 15.4 Å². The van der Waals surface area contributed by atoms with Gasteiger partial charge in [-0.3, -0.25) is 4.99 Å². The Labute approximate surface area is 146 Å². The van der Waals surface area contributed by atoms with Crippen molar-refractivity contribution in [3.8, 4) is 0 Å². The zero-order chi connectivity index (χ0) is 18.0. The van der Waals surface area contributed by atoms with E-state index in [0.717, 1.165) is 30.1 Å². The molecule has 0 aliphatic rings. The molecular weight excluding hydrogens is 324 g/mol. The monoisotopic (exact) mass is 354 g/mol. The fourth-order valence-electron chi connectivity index (χ4n) is 2.17. The first-order chi connectivity index (χ1) is 11.4. The van der Waals surface area contributed by atoms with Gasteiger partial charge < -0.3 is 10.6 Å². The van der Waals surface area contributed by atoms with Crippen molar-refractivity contribution >= 4 is 16.0 Å². The van der Waals surface area contributed by atoms with Gasteiger partial charge in [0.2, 0.25) is 10.0 Å². The zero-order valence-corrected chi connectivity index (χ0v) is 15.9. The summed E-state index contributed by atoms with van der Waals surface area (Å²) in [6.07, 6.45) is 2.31. The molecule has 24 heavy (non-hydrogen) atoms. The molecule has 0 radical (unpaired) electrons. The quantitative estimate of drug-likeness (QED) is 0.359. The smallest absolute Gasteiger partial charge is 0.215 e. The van der Waals surface area contributed by atoms with Crippen molar-refractivity contribution in [2.45, 2.75) is 39.0 Å². The number of nitrogens with zero attached hydrogens (tertiary/aromatic N) is 1. The third-order valence-corrected chi connectivity index (χ3v) is 4.96. The number of guanidine groups is 1. The average molecular weight is 355 g/mol. The fourth-order valence-corrected chi connectivity index (χ4v) is 2.94. The van der Waals surface area contributed by atoms with Crippen LogP contribution in [-0.2, 0) is 22.3 Å². The molecule has 0 fully saturated rings. The molecule has 0 aromatic heterocycles. The lowest BCUT2D eigenvalue weighted by Crippen LogP contribution is -2.37. The normalized spacial score (nSPS) is 12.5. The minimum absolute atomic E-state index is 0.00369. The van der Waals surface area contributed by atoms with E-state index in [1.54, 1.807) is 7.05 Å². The van der Waals surface area contributed by atoms with E-state index >= 15 is 0 Å². The number of hydrogen-bond acceptors (Lipinski definition) is 3. The molecule has 1 aromatic rings. The molecule has 0 atom stereocenters. The number of hydrogen-bond donors (Lipinski definition) is 3. The number of sulfonamides is 1. The van der Waals surface area contributed by atoms with Crippen molar-refractivity contribution in [3.63, 3.8) is 0 Å². The standard InChI is InChI=1S/C17H30N4O2S/c1-14(2)6-5-11-20-17(18-3)21-12-15-7-9-16(10-8-15)13-24(22,23)19-4/h7-10,14,19H,5-6,11-13H2,1-4H3,(H2,18,20,21). The van der Waals surface area contributed by atoms with Gasteiger partial charge in [-0.05, 0) is 36.9 Å². The molecule has 0 unspecified atom stereocenters. The minimum Gasteiger partial charge on any atom is -0.356 e. The van der Waals surface area contributed by atoms with Gasteiger partial charge in [0.05, 0.1) is 5.75 Å². The third kappa shape index (κ3) is 8.31. The number of rotatable bonds is 9. The molecular formula is C17H30N4O2S. The summed E-state index contributed by atoms with van der Waals surface area (Å²) in [5, 5.41) is 6.56. The Balaban J connectivity index is 2.43. The average Bonchev–Trinajstić information content (AvgIpc) is 2.55. The molecule has 0 spiro atoms. The Morgan fingerprint density at radius 3 is 2.29 bits per heavy atom. The number of aliphatic imine (C=N–C) groups is 1. The summed E-state index contributed by atoms with van der Waals surface area (Å²) in [6.45, 7) is 5.98. The summed E-state index contributed by atoms with van der Waals surface area (Å²) in [6, 6.07) is 7.54. The molecule has 1 rings (SSSR count). The Morgan fingerprint density at radius 2 is 1.75 bits per heavy atom. The van der Waals surface area contributed by atoms with Gasteiger partial charge in [0.15, 0.2) is 5.96 Å². The van der Waals surface area contributed by atoms with Crippen LogP contribution in [0.1, 0.15) is 37.8 Å². The predicted molar refractivity (Wildman–Crippen MR) is 100 cm³/mol. The Kier molecular flexibility index (Phi) is 8.78. The maximum absolute atomic E-state index is 11.5. The van der Waals surface area contributed by atoms with Gasteiger partial charge in [-0.25, -0.2) is 13.1 Å². The highest BCUT2D eigenvalue weighted by Crippen LogP contribution is 2.07. The van der Waals surface area contributed by atoms with Crippen LogP contribution in [0.3, 0.4) is 0 Å². The second kappa shape index (κ2) is 10.3. The van der Waals surface area contributed by atoms with E-state index in [4.69, 9.17) is 0 Å². The number of benzene rings is 1. The van der Waals surface area contributed by atoms with E-state index in [-0.39, 0.29) is 5.75 Å². The van der Waals surface area contributed by atoms with Crippen LogP contribution in [0.5, 0.6) is 0 Å². The molecule has 0 saturated carbocycles. The van der Waals surface area contributed by atoms with Gasteiger partial charge in [0, 0.05) is 20.1 Å². The molecule has 0 bridgehead atoms. The lowest BCUT2D eigenvalue weighted by Gasteiger charge is -2.13. The van der Waals surface area contributed by atoms with Gasteiger partial charge in [0.1, 0.15) is 0 Å². The van der Waals surface area contributed by atoms with Crippen LogP contribution in [-0.4, -0.2) is 35.0 Å². The maximum atomic E-state index is 11.5. The van der Waals surface area contributed by atoms with Crippen LogP contribution >= 0.6 is 0 Å². The summed E-state index contributed by atoms with van der Waals surface area (Å²) >= 11 is 0. The van der Waals surface area contributed by atoms with Crippen molar-refractivity contribution in [2.24, 2.45) is 10.9 Å². The first kappa shape index (κ1) is 20.4. The number of nitrogens with one attached hydrogen (secondary N) is 3. The van der Waals surface area contributed by atoms with Crippen molar-refractivity contribution in [3.05, 3.63) is 35.4 Å². The van der Waals surface area contributed by atoms with E-state index in [1.165, 1.54) is 13.5 Å². The highest BCUT2D eigenvalue weighted by atomic mass is 32.2. The summed E-state index contributed by atoms with van der Waals surface area (Å²) in [7, 11) is -0.0514. The highest BCUT2D eigenvalue weighted by molar-refractivity contribution is 7.88. The lowest BCUT2D eigenvalue weighted by molar-refractivity contribution is 0.549. The molecule has 0 heterocycles. The topological polar surface area (TPSA) is 82.6 Å². The first-order valence-electron chi connectivity index (χ1n) is 8.30. The van der Waals surface area contributed by atoms with Crippen LogP contribution in [0.15, 0.2) is 29.3 Å². The van der Waals surface area contributed by atoms with Crippen molar-refractivity contribution in [2.75, 3.05) is 20.6 Å². The largest absolute Gasteiger partial charge is 0.356 e. The molecule has 0 saturated heterocycles. The summed E-state index contributed by atoms with van der Waals surface area (Å²) in [5.74, 6) is 1.49. The van der Waals surface area contributed by atoms with Gasteiger partial charge in [-0.2, -0.15) is 0 Å². The molecule has 0 aliphatic carbocycles. The van der Waals surface area contributed by atoms with Crippen LogP contribution in [0, 0.1) is 5.92 Å². The van der Waals surface area contributed by atoms with Gasteiger partial charge in [0.25, 0.3) is 0 Å². The maximum Gasteiger partial charge on any atom is 0.215 e. The van der Waals surface area contributed by atoms with E-state index < -0.39 is 10.0 Å². The molecule has 0 aliphatic heterocycles. The van der Waals surface area contributed by atoms with Crippen LogP contribution < -0.4 is 15.4 Å². The van der Waals surface area contributed by atoms with Gasteiger partial charge >= 0.3 is 0 Å². The Bertz CT molecular complexity index is 610.